The van der Waals surface area contributed by atoms with Gasteiger partial charge in [0.05, 0.1) is 19.8 Å². The summed E-state index contributed by atoms with van der Waals surface area (Å²) >= 11 is 0. The number of unbranched alkanes of at least 4 members (excludes halogenated alkanes) is 20. The summed E-state index contributed by atoms with van der Waals surface area (Å²) in [5.74, 6) is -1.02. The summed E-state index contributed by atoms with van der Waals surface area (Å²) in [5, 5.41) is 34.4. The second-order valence-corrected chi connectivity index (χ2v) is 13.6. The number of aliphatic hydroxyl groups is 4. The average molecular weight is 685 g/mol. The molecule has 11 nitrogen and oxygen atoms in total. The third-order valence-corrected chi connectivity index (χ3v) is 8.26. The first kappa shape index (κ1) is 47.2. The van der Waals surface area contributed by atoms with Crippen molar-refractivity contribution in [3.05, 3.63) is 0 Å². The zero-order valence-electron chi connectivity index (χ0n) is 29.0. The van der Waals surface area contributed by atoms with Crippen LogP contribution in [0.15, 0.2) is 0 Å². The van der Waals surface area contributed by atoms with Gasteiger partial charge >= 0.3 is 13.8 Å². The lowest BCUT2D eigenvalue weighted by Gasteiger charge is -2.22. The number of Topliss-reactive ketones (excluding diaryl/α,β-unsaturated/α-hetero) is 1. The van der Waals surface area contributed by atoms with Crippen LogP contribution in [-0.2, 0) is 23.4 Å². The molecule has 0 radical (unpaired) electrons. The minimum absolute atomic E-state index is 0.139. The van der Waals surface area contributed by atoms with E-state index in [1.54, 1.807) is 0 Å². The highest BCUT2D eigenvalue weighted by Crippen LogP contribution is 2.36. The second-order valence-electron chi connectivity index (χ2n) is 12.3. The van der Waals surface area contributed by atoms with Crippen LogP contribution < -0.4 is 0 Å². The monoisotopic (exact) mass is 684 g/mol. The molecule has 0 bridgehead atoms. The summed E-state index contributed by atoms with van der Waals surface area (Å²) in [7, 11) is -4.82. The molecule has 12 heteroatoms. The number of ether oxygens (including phenoxy) is 1. The first-order valence-corrected chi connectivity index (χ1v) is 19.5. The molecular formula is C34H69O11P. The molecule has 0 amide bonds. The summed E-state index contributed by atoms with van der Waals surface area (Å²) < 4.78 is 20.7. The molecule has 0 heterocycles. The fourth-order valence-corrected chi connectivity index (χ4v) is 5.26. The van der Waals surface area contributed by atoms with E-state index in [1.807, 2.05) is 0 Å². The van der Waals surface area contributed by atoms with Crippen molar-refractivity contribution in [2.75, 3.05) is 19.8 Å². The lowest BCUT2D eigenvalue weighted by Crippen LogP contribution is -2.40. The second kappa shape index (κ2) is 34.0. The van der Waals surface area contributed by atoms with Crippen molar-refractivity contribution in [1.29, 1.82) is 0 Å². The third kappa shape index (κ3) is 34.4. The van der Waals surface area contributed by atoms with Gasteiger partial charge in [-0.1, -0.05) is 142 Å². The number of carbonyl (C=O) groups excluding carboxylic acids is 2. The lowest BCUT2D eigenvalue weighted by atomic mass is 10.0. The van der Waals surface area contributed by atoms with Gasteiger partial charge in [-0.05, 0) is 12.8 Å². The fraction of sp³-hybridized carbons (Fsp3) is 0.941. The number of esters is 1. The zero-order chi connectivity index (χ0) is 34.9. The Labute approximate surface area is 279 Å². The summed E-state index contributed by atoms with van der Waals surface area (Å²) in [5.41, 5.74) is 0. The highest BCUT2D eigenvalue weighted by Gasteiger charge is 2.32. The Balaban J connectivity index is 0. The Morgan fingerprint density at radius 3 is 1.26 bits per heavy atom. The minimum Gasteiger partial charge on any atom is -0.451 e. The van der Waals surface area contributed by atoms with Gasteiger partial charge in [-0.15, -0.1) is 0 Å². The maximum absolute atomic E-state index is 12.8. The SMILES string of the molecule is CCCCCCCCCCCCCC(=O)OC(C(=O)CCCCCCCCCCCCC)C(O)COP(=O)(O)O.OCC(O)CO. The van der Waals surface area contributed by atoms with Gasteiger partial charge in [-0.3, -0.25) is 14.1 Å². The van der Waals surface area contributed by atoms with Crippen molar-refractivity contribution in [3.63, 3.8) is 0 Å². The van der Waals surface area contributed by atoms with Gasteiger partial charge in [-0.2, -0.15) is 0 Å². The standard InChI is InChI=1S/C31H61O8P.C3H8O3/c1-3-5-7-9-11-13-15-17-19-21-23-25-28(32)31(29(33)27-38-40(35,36)37)39-30(34)26-24-22-20-18-16-14-12-10-8-6-4-2;4-1-3(6)2-5/h29,31,33H,3-27H2,1-2H3,(H2,35,36,37);3-6H,1-2H2. The van der Waals surface area contributed by atoms with Crippen LogP contribution in [0.1, 0.15) is 168 Å². The molecule has 0 aromatic rings. The molecule has 0 aliphatic heterocycles. The van der Waals surface area contributed by atoms with Gasteiger partial charge in [0, 0.05) is 12.8 Å². The average Bonchev–Trinajstić information content (AvgIpc) is 3.03. The molecule has 0 saturated carbocycles. The molecule has 0 aliphatic rings. The van der Waals surface area contributed by atoms with Crippen molar-refractivity contribution in [2.45, 2.75) is 186 Å². The fourth-order valence-electron chi connectivity index (χ4n) is 4.92. The Hall–Kier alpha value is -0.910. The number of rotatable bonds is 32. The number of ketones is 1. The maximum atomic E-state index is 12.8. The molecule has 2 unspecified atom stereocenters. The van der Waals surface area contributed by atoms with Gasteiger partial charge in [0.25, 0.3) is 0 Å². The number of phosphoric ester groups is 1. The van der Waals surface area contributed by atoms with E-state index in [9.17, 15) is 19.3 Å². The summed E-state index contributed by atoms with van der Waals surface area (Å²) in [6.07, 6.45) is 21.4. The third-order valence-electron chi connectivity index (χ3n) is 7.77. The van der Waals surface area contributed by atoms with Crippen molar-refractivity contribution >= 4 is 19.6 Å². The van der Waals surface area contributed by atoms with Crippen LogP contribution in [0.2, 0.25) is 0 Å². The molecule has 2 atom stereocenters. The molecule has 276 valence electrons. The smallest absolute Gasteiger partial charge is 0.451 e. The summed E-state index contributed by atoms with van der Waals surface area (Å²) in [6, 6.07) is 0. The van der Waals surface area contributed by atoms with E-state index in [0.717, 1.165) is 38.5 Å². The number of carbonyl (C=O) groups is 2. The van der Waals surface area contributed by atoms with E-state index >= 15 is 0 Å². The summed E-state index contributed by atoms with van der Waals surface area (Å²) in [6.45, 7) is 2.92. The van der Waals surface area contributed by atoms with E-state index in [-0.39, 0.29) is 26.1 Å². The van der Waals surface area contributed by atoms with Crippen LogP contribution in [0.5, 0.6) is 0 Å². The van der Waals surface area contributed by atoms with E-state index in [0.29, 0.717) is 12.8 Å². The first-order chi connectivity index (χ1) is 22.0. The first-order valence-electron chi connectivity index (χ1n) is 18.0. The molecule has 0 saturated heterocycles. The summed E-state index contributed by atoms with van der Waals surface area (Å²) in [4.78, 5) is 43.1. The molecule has 0 aromatic heterocycles. The van der Waals surface area contributed by atoms with E-state index in [1.165, 1.54) is 89.9 Å². The van der Waals surface area contributed by atoms with E-state index in [4.69, 9.17) is 29.8 Å². The van der Waals surface area contributed by atoms with E-state index in [2.05, 4.69) is 18.4 Å². The van der Waals surface area contributed by atoms with Crippen LogP contribution in [0.3, 0.4) is 0 Å². The number of hydrogen-bond acceptors (Lipinski definition) is 9. The van der Waals surface area contributed by atoms with Gasteiger partial charge in [0.2, 0.25) is 0 Å². The number of hydrogen-bond donors (Lipinski definition) is 6. The molecule has 46 heavy (non-hydrogen) atoms. The zero-order valence-corrected chi connectivity index (χ0v) is 29.9. The topological polar surface area (TPSA) is 191 Å². The van der Waals surface area contributed by atoms with Crippen LogP contribution in [0, 0.1) is 0 Å². The normalized spacial score (nSPS) is 12.9. The molecule has 6 N–H and O–H groups in total. The molecule has 0 aliphatic carbocycles. The Bertz CT molecular complexity index is 728. The predicted molar refractivity (Wildman–Crippen MR) is 181 cm³/mol. The maximum Gasteiger partial charge on any atom is 0.469 e. The molecule has 0 rings (SSSR count). The van der Waals surface area contributed by atoms with Crippen LogP contribution in [0.25, 0.3) is 0 Å². The van der Waals surface area contributed by atoms with Crippen molar-refractivity contribution < 1.29 is 53.6 Å². The van der Waals surface area contributed by atoms with E-state index < -0.39 is 44.5 Å². The van der Waals surface area contributed by atoms with Crippen molar-refractivity contribution in [2.24, 2.45) is 0 Å². The Morgan fingerprint density at radius 1 is 0.587 bits per heavy atom. The van der Waals surface area contributed by atoms with Gasteiger partial charge in [0.15, 0.2) is 11.9 Å². The van der Waals surface area contributed by atoms with Crippen molar-refractivity contribution in [1.82, 2.24) is 0 Å². The molecule has 0 spiro atoms. The largest absolute Gasteiger partial charge is 0.469 e. The highest BCUT2D eigenvalue weighted by molar-refractivity contribution is 7.46. The predicted octanol–water partition coefficient (Wildman–Crippen LogP) is 6.67. The van der Waals surface area contributed by atoms with Crippen LogP contribution >= 0.6 is 7.82 Å². The number of aliphatic hydroxyl groups excluding tert-OH is 4. The van der Waals surface area contributed by atoms with Crippen LogP contribution in [-0.4, -0.2) is 80.1 Å². The Morgan fingerprint density at radius 2 is 0.935 bits per heavy atom. The van der Waals surface area contributed by atoms with Crippen LogP contribution in [0.4, 0.5) is 0 Å². The van der Waals surface area contributed by atoms with Gasteiger partial charge < -0.3 is 34.9 Å². The van der Waals surface area contributed by atoms with Crippen molar-refractivity contribution in [3.8, 4) is 0 Å². The van der Waals surface area contributed by atoms with Gasteiger partial charge in [0.1, 0.15) is 12.2 Å². The quantitative estimate of drug-likeness (QED) is 0.0252. The lowest BCUT2D eigenvalue weighted by molar-refractivity contribution is -0.163. The van der Waals surface area contributed by atoms with Gasteiger partial charge in [-0.25, -0.2) is 4.57 Å². The Kier molecular flexibility index (Phi) is 34.9. The highest BCUT2D eigenvalue weighted by atomic mass is 31.2. The molecular weight excluding hydrogens is 615 g/mol. The minimum atomic E-state index is -4.82. The molecule has 0 fully saturated rings. The number of phosphoric acid groups is 1. The molecule has 0 aromatic carbocycles.